The summed E-state index contributed by atoms with van der Waals surface area (Å²) in [7, 11) is -0.324. The van der Waals surface area contributed by atoms with Crippen LogP contribution in [0.1, 0.15) is 34.1 Å². The fourth-order valence-electron chi connectivity index (χ4n) is 1.38. The lowest BCUT2D eigenvalue weighted by atomic mass is 9.77. The van der Waals surface area contributed by atoms with E-state index in [2.05, 4.69) is 20.8 Å². The lowest BCUT2D eigenvalue weighted by Crippen LogP contribution is -2.43. The molecule has 1 aromatic carbocycles. The summed E-state index contributed by atoms with van der Waals surface area (Å²) >= 11 is 0. The summed E-state index contributed by atoms with van der Waals surface area (Å²) in [6, 6.07) is 7.62. The number of hydrogen-bond donors (Lipinski definition) is 1. The van der Waals surface area contributed by atoms with Crippen LogP contribution in [0.5, 0.6) is 0 Å². The zero-order valence-electron chi connectivity index (χ0n) is 11.2. The maximum absolute atomic E-state index is 5.99. The highest BCUT2D eigenvalue weighted by atomic mass is 16.6. The predicted molar refractivity (Wildman–Crippen MR) is 73.3 cm³/mol. The van der Waals surface area contributed by atoms with Crippen LogP contribution in [0.3, 0.4) is 0 Å². The summed E-state index contributed by atoms with van der Waals surface area (Å²) in [5, 5.41) is 0. The highest BCUT2D eigenvalue weighted by Gasteiger charge is 2.28. The maximum atomic E-state index is 5.99. The summed E-state index contributed by atoms with van der Waals surface area (Å²) in [5.74, 6) is 0. The fourth-order valence-corrected chi connectivity index (χ4v) is 1.38. The largest absolute Gasteiger partial charge is 0.494 e. The van der Waals surface area contributed by atoms with Gasteiger partial charge in [0.25, 0.3) is 0 Å². The summed E-state index contributed by atoms with van der Waals surface area (Å²) in [4.78, 5) is 0. The monoisotopic (exact) mass is 235 g/mol. The van der Waals surface area contributed by atoms with Crippen LogP contribution in [-0.4, -0.2) is 19.3 Å². The smallest absolute Gasteiger partial charge is 0.408 e. The Hall–Kier alpha value is -0.995. The van der Waals surface area contributed by atoms with Gasteiger partial charge in [-0.1, -0.05) is 19.1 Å². The molecule has 1 rings (SSSR count). The van der Waals surface area contributed by atoms with Crippen molar-refractivity contribution in [1.29, 1.82) is 0 Å². The van der Waals surface area contributed by atoms with Gasteiger partial charge < -0.3 is 15.0 Å². The van der Waals surface area contributed by atoms with E-state index in [4.69, 9.17) is 15.0 Å². The number of nitrogens with two attached hydrogens (primary N) is 1. The minimum atomic E-state index is -0.324. The van der Waals surface area contributed by atoms with Gasteiger partial charge in [0.2, 0.25) is 0 Å². The van der Waals surface area contributed by atoms with Crippen molar-refractivity contribution >= 4 is 18.3 Å². The Morgan fingerprint density at radius 1 is 1.18 bits per heavy atom. The number of rotatable bonds is 6. The molecule has 0 spiro atoms. The van der Waals surface area contributed by atoms with Crippen molar-refractivity contribution in [3.63, 3.8) is 0 Å². The average Bonchev–Trinajstić information content (AvgIpc) is 2.29. The Labute approximate surface area is 104 Å². The predicted octanol–water partition coefficient (Wildman–Crippen LogP) is 2.21. The van der Waals surface area contributed by atoms with Crippen LogP contribution in [0.2, 0.25) is 0 Å². The molecule has 94 valence electrons. The molecule has 4 heteroatoms. The fraction of sp³-hybridized carbons (Fsp3) is 0.538. The number of benzene rings is 1. The summed E-state index contributed by atoms with van der Waals surface area (Å²) in [5.41, 5.74) is 7.23. The molecule has 0 heterocycles. The van der Waals surface area contributed by atoms with Gasteiger partial charge in [-0.25, -0.2) is 0 Å². The quantitative estimate of drug-likeness (QED) is 0.607. The van der Waals surface area contributed by atoms with Crippen molar-refractivity contribution in [2.45, 2.75) is 39.7 Å². The van der Waals surface area contributed by atoms with Gasteiger partial charge in [0.05, 0.1) is 0 Å². The SMILES string of the molecule is CCOB(OC(C)(C)CC)c1ccc(N)cc1. The van der Waals surface area contributed by atoms with Crippen molar-refractivity contribution in [1.82, 2.24) is 0 Å². The first kappa shape index (κ1) is 14.1. The molecule has 0 unspecified atom stereocenters. The first-order chi connectivity index (χ1) is 7.98. The van der Waals surface area contributed by atoms with Gasteiger partial charge in [-0.3, -0.25) is 0 Å². The van der Waals surface area contributed by atoms with Crippen molar-refractivity contribution < 1.29 is 9.31 Å². The maximum Gasteiger partial charge on any atom is 0.494 e. The van der Waals surface area contributed by atoms with Crippen LogP contribution in [-0.2, 0) is 9.31 Å². The Bertz CT molecular complexity index is 338. The zero-order chi connectivity index (χ0) is 12.9. The van der Waals surface area contributed by atoms with E-state index >= 15 is 0 Å². The minimum Gasteiger partial charge on any atom is -0.408 e. The van der Waals surface area contributed by atoms with E-state index in [0.29, 0.717) is 6.61 Å². The van der Waals surface area contributed by atoms with E-state index in [0.717, 1.165) is 17.6 Å². The lowest BCUT2D eigenvalue weighted by molar-refractivity contribution is 0.0706. The third kappa shape index (κ3) is 4.40. The third-order valence-corrected chi connectivity index (χ3v) is 2.80. The van der Waals surface area contributed by atoms with E-state index in [9.17, 15) is 0 Å². The molecule has 0 amide bonds. The van der Waals surface area contributed by atoms with Crippen molar-refractivity contribution in [2.75, 3.05) is 12.3 Å². The van der Waals surface area contributed by atoms with E-state index in [-0.39, 0.29) is 12.7 Å². The number of anilines is 1. The molecule has 0 aromatic heterocycles. The van der Waals surface area contributed by atoms with Crippen molar-refractivity contribution in [3.05, 3.63) is 24.3 Å². The van der Waals surface area contributed by atoms with Gasteiger partial charge in [-0.05, 0) is 44.8 Å². The van der Waals surface area contributed by atoms with Gasteiger partial charge in [0, 0.05) is 17.9 Å². The summed E-state index contributed by atoms with van der Waals surface area (Å²) < 4.78 is 11.6. The molecular weight excluding hydrogens is 213 g/mol. The third-order valence-electron chi connectivity index (χ3n) is 2.80. The molecule has 0 saturated carbocycles. The Morgan fingerprint density at radius 2 is 1.76 bits per heavy atom. The van der Waals surface area contributed by atoms with Gasteiger partial charge in [-0.2, -0.15) is 0 Å². The Kier molecular flexibility index (Phi) is 5.03. The van der Waals surface area contributed by atoms with E-state index < -0.39 is 0 Å². The van der Waals surface area contributed by atoms with Gasteiger partial charge in [0.1, 0.15) is 0 Å². The molecular formula is C13H22BNO2. The van der Waals surface area contributed by atoms with E-state index in [1.807, 2.05) is 31.2 Å². The van der Waals surface area contributed by atoms with E-state index in [1.165, 1.54) is 0 Å². The number of hydrogen-bond acceptors (Lipinski definition) is 3. The van der Waals surface area contributed by atoms with Crippen molar-refractivity contribution in [3.8, 4) is 0 Å². The first-order valence-corrected chi connectivity index (χ1v) is 6.13. The van der Waals surface area contributed by atoms with Crippen LogP contribution in [0.4, 0.5) is 5.69 Å². The summed E-state index contributed by atoms with van der Waals surface area (Å²) in [6.07, 6.45) is 0.936. The molecule has 0 atom stereocenters. The average molecular weight is 235 g/mol. The molecule has 0 bridgehead atoms. The molecule has 0 aliphatic heterocycles. The van der Waals surface area contributed by atoms with Crippen LogP contribution in [0.15, 0.2) is 24.3 Å². The lowest BCUT2D eigenvalue weighted by Gasteiger charge is -2.28. The van der Waals surface area contributed by atoms with Gasteiger partial charge in [0.15, 0.2) is 0 Å². The molecule has 0 fully saturated rings. The molecule has 3 nitrogen and oxygen atoms in total. The second-order valence-corrected chi connectivity index (χ2v) is 4.69. The zero-order valence-corrected chi connectivity index (χ0v) is 11.2. The molecule has 0 aliphatic rings. The highest BCUT2D eigenvalue weighted by Crippen LogP contribution is 2.15. The molecule has 0 radical (unpaired) electrons. The standard InChI is InChI=1S/C13H22BNO2/c1-5-13(3,4)17-14(16-6-2)11-7-9-12(15)10-8-11/h7-10H,5-6,15H2,1-4H3. The van der Waals surface area contributed by atoms with Gasteiger partial charge in [-0.15, -0.1) is 0 Å². The molecule has 0 saturated heterocycles. The normalized spacial score (nSPS) is 11.5. The Morgan fingerprint density at radius 3 is 2.24 bits per heavy atom. The molecule has 17 heavy (non-hydrogen) atoms. The van der Waals surface area contributed by atoms with E-state index in [1.54, 1.807) is 0 Å². The first-order valence-electron chi connectivity index (χ1n) is 6.13. The van der Waals surface area contributed by atoms with Crippen LogP contribution in [0, 0.1) is 0 Å². The molecule has 2 N–H and O–H groups in total. The Balaban J connectivity index is 2.81. The highest BCUT2D eigenvalue weighted by molar-refractivity contribution is 6.61. The van der Waals surface area contributed by atoms with Crippen LogP contribution in [0.25, 0.3) is 0 Å². The second kappa shape index (κ2) is 6.08. The van der Waals surface area contributed by atoms with Crippen LogP contribution < -0.4 is 11.2 Å². The second-order valence-electron chi connectivity index (χ2n) is 4.69. The molecule has 0 aliphatic carbocycles. The van der Waals surface area contributed by atoms with Crippen molar-refractivity contribution in [2.24, 2.45) is 0 Å². The van der Waals surface area contributed by atoms with Crippen LogP contribution >= 0.6 is 0 Å². The minimum absolute atomic E-state index is 0.193. The van der Waals surface area contributed by atoms with Gasteiger partial charge >= 0.3 is 7.12 Å². The number of nitrogen functional groups attached to an aromatic ring is 1. The summed E-state index contributed by atoms with van der Waals surface area (Å²) in [6.45, 7) is 8.82. The topological polar surface area (TPSA) is 44.5 Å². The molecule has 1 aromatic rings.